The van der Waals surface area contributed by atoms with Gasteiger partial charge >= 0.3 is 11.7 Å². The minimum atomic E-state index is -0.940. The van der Waals surface area contributed by atoms with Crippen molar-refractivity contribution in [3.8, 4) is 11.5 Å². The number of rotatable bonds is 4. The quantitative estimate of drug-likeness (QED) is 0.552. The second-order valence-corrected chi connectivity index (χ2v) is 5.15. The van der Waals surface area contributed by atoms with E-state index in [1.165, 1.54) is 25.2 Å². The van der Waals surface area contributed by atoms with Crippen molar-refractivity contribution in [2.24, 2.45) is 7.05 Å². The molecule has 2 heterocycles. The number of carbonyl (C=O) groups is 2. The Morgan fingerprint density at radius 1 is 1.28 bits per heavy atom. The number of nitrogens with zero attached hydrogens (tertiary/aromatic N) is 1. The molecule has 0 spiro atoms. The molecule has 0 radical (unpaired) electrons. The summed E-state index contributed by atoms with van der Waals surface area (Å²) in [7, 11) is 1.29. The molecule has 0 atom stereocenters. The van der Waals surface area contributed by atoms with Crippen molar-refractivity contribution < 1.29 is 23.8 Å². The Morgan fingerprint density at radius 2 is 2.00 bits per heavy atom. The van der Waals surface area contributed by atoms with Crippen LogP contribution in [0.5, 0.6) is 11.5 Å². The maximum Gasteiger partial charge on any atom is 0.338 e. The summed E-state index contributed by atoms with van der Waals surface area (Å²) in [5.74, 6) is -1.04. The van der Waals surface area contributed by atoms with Gasteiger partial charge in [-0.2, -0.15) is 0 Å². The third-order valence-corrected chi connectivity index (χ3v) is 3.59. The van der Waals surface area contributed by atoms with Gasteiger partial charge in [-0.3, -0.25) is 19.1 Å². The Morgan fingerprint density at radius 3 is 2.76 bits per heavy atom. The number of Topliss-reactive ketones (excluding diaryl/α,β-unsaturated/α-hetero) is 1. The molecule has 10 heteroatoms. The Labute approximate surface area is 139 Å². The molecule has 1 aromatic carbocycles. The highest BCUT2D eigenvalue weighted by molar-refractivity contribution is 6.02. The molecule has 0 saturated carbocycles. The van der Waals surface area contributed by atoms with E-state index in [0.29, 0.717) is 11.5 Å². The van der Waals surface area contributed by atoms with Gasteiger partial charge in [-0.25, -0.2) is 9.59 Å². The number of nitrogens with one attached hydrogen (secondary N) is 1. The molecule has 0 fully saturated rings. The van der Waals surface area contributed by atoms with Gasteiger partial charge in [0.25, 0.3) is 5.56 Å². The zero-order valence-electron chi connectivity index (χ0n) is 13.0. The van der Waals surface area contributed by atoms with Gasteiger partial charge in [-0.05, 0) is 18.2 Å². The van der Waals surface area contributed by atoms with Gasteiger partial charge in [0.05, 0.1) is 5.56 Å². The number of aromatic nitrogens is 2. The van der Waals surface area contributed by atoms with Crippen LogP contribution in [0.3, 0.4) is 0 Å². The Bertz CT molecular complexity index is 990. The molecule has 0 bridgehead atoms. The first-order chi connectivity index (χ1) is 11.9. The van der Waals surface area contributed by atoms with Gasteiger partial charge in [-0.1, -0.05) is 0 Å². The van der Waals surface area contributed by atoms with E-state index < -0.39 is 35.2 Å². The van der Waals surface area contributed by atoms with Crippen molar-refractivity contribution in [1.82, 2.24) is 9.55 Å². The third-order valence-electron chi connectivity index (χ3n) is 3.59. The van der Waals surface area contributed by atoms with E-state index in [-0.39, 0.29) is 18.2 Å². The molecular formula is C15H13N3O7. The van der Waals surface area contributed by atoms with Crippen molar-refractivity contribution in [3.63, 3.8) is 0 Å². The first kappa shape index (κ1) is 16.3. The van der Waals surface area contributed by atoms with E-state index in [4.69, 9.17) is 19.9 Å². The van der Waals surface area contributed by atoms with Crippen LogP contribution in [-0.2, 0) is 11.8 Å². The van der Waals surface area contributed by atoms with Gasteiger partial charge in [0.2, 0.25) is 12.6 Å². The van der Waals surface area contributed by atoms with E-state index in [2.05, 4.69) is 0 Å². The molecule has 0 unspecified atom stereocenters. The summed E-state index contributed by atoms with van der Waals surface area (Å²) in [4.78, 5) is 49.3. The Hall–Kier alpha value is -3.56. The number of anilines is 1. The van der Waals surface area contributed by atoms with Crippen LogP contribution in [0.25, 0.3) is 0 Å². The molecule has 25 heavy (non-hydrogen) atoms. The van der Waals surface area contributed by atoms with Crippen LogP contribution < -0.4 is 26.5 Å². The molecule has 130 valence electrons. The lowest BCUT2D eigenvalue weighted by molar-refractivity contribution is 0.0474. The topological polar surface area (TPSA) is 143 Å². The van der Waals surface area contributed by atoms with Gasteiger partial charge in [0.1, 0.15) is 11.4 Å². The minimum Gasteiger partial charge on any atom is -0.454 e. The van der Waals surface area contributed by atoms with Crippen LogP contribution in [0, 0.1) is 0 Å². The number of benzene rings is 1. The van der Waals surface area contributed by atoms with Crippen LogP contribution in [0.2, 0.25) is 0 Å². The highest BCUT2D eigenvalue weighted by Gasteiger charge is 2.21. The number of nitrogens with two attached hydrogens (primary N) is 1. The predicted molar refractivity (Wildman–Crippen MR) is 83.9 cm³/mol. The number of carbonyl (C=O) groups excluding carboxylic acids is 2. The van der Waals surface area contributed by atoms with Crippen molar-refractivity contribution in [3.05, 3.63) is 50.2 Å². The van der Waals surface area contributed by atoms with E-state index in [0.717, 1.165) is 4.57 Å². The maximum absolute atomic E-state index is 12.1. The zero-order valence-corrected chi connectivity index (χ0v) is 13.0. The van der Waals surface area contributed by atoms with E-state index >= 15 is 0 Å². The second kappa shape index (κ2) is 6.15. The summed E-state index contributed by atoms with van der Waals surface area (Å²) in [5, 5.41) is 0. The van der Waals surface area contributed by atoms with Crippen molar-refractivity contribution >= 4 is 17.6 Å². The SMILES string of the molecule is Cn1c(N)c(C(=O)COC(=O)c2ccc3c(c2)OCO3)c(=O)[nH]c1=O. The number of hydrogen-bond donors (Lipinski definition) is 2. The number of fused-ring (bicyclic) bond motifs is 1. The van der Waals surface area contributed by atoms with E-state index in [1.807, 2.05) is 4.98 Å². The molecule has 3 rings (SSSR count). The second-order valence-electron chi connectivity index (χ2n) is 5.15. The lowest BCUT2D eigenvalue weighted by atomic mass is 10.2. The Balaban J connectivity index is 1.75. The number of H-pyrrole nitrogens is 1. The number of nitrogen functional groups attached to an aromatic ring is 1. The van der Waals surface area contributed by atoms with E-state index in [9.17, 15) is 19.2 Å². The number of ketones is 1. The van der Waals surface area contributed by atoms with Crippen molar-refractivity contribution in [1.29, 1.82) is 0 Å². The Kier molecular flexibility index (Phi) is 4.01. The average molecular weight is 347 g/mol. The molecule has 0 saturated heterocycles. The summed E-state index contributed by atoms with van der Waals surface area (Å²) in [5.41, 5.74) is 3.63. The normalized spacial score (nSPS) is 12.0. The van der Waals surface area contributed by atoms with Crippen LogP contribution in [-0.4, -0.2) is 34.7 Å². The summed E-state index contributed by atoms with van der Waals surface area (Å²) in [6.45, 7) is -0.653. The number of esters is 1. The van der Waals surface area contributed by atoms with Crippen molar-refractivity contribution in [2.45, 2.75) is 0 Å². The maximum atomic E-state index is 12.1. The van der Waals surface area contributed by atoms with E-state index in [1.54, 1.807) is 0 Å². The van der Waals surface area contributed by atoms with Crippen molar-refractivity contribution in [2.75, 3.05) is 19.1 Å². The first-order valence-corrected chi connectivity index (χ1v) is 7.07. The van der Waals surface area contributed by atoms with Gasteiger partial charge in [0, 0.05) is 7.05 Å². The molecule has 2 aromatic rings. The van der Waals surface area contributed by atoms with Gasteiger partial charge < -0.3 is 19.9 Å². The van der Waals surface area contributed by atoms with Crippen LogP contribution in [0.15, 0.2) is 27.8 Å². The first-order valence-electron chi connectivity index (χ1n) is 7.07. The lowest BCUT2D eigenvalue weighted by Crippen LogP contribution is -2.35. The molecule has 0 amide bonds. The highest BCUT2D eigenvalue weighted by atomic mass is 16.7. The largest absolute Gasteiger partial charge is 0.454 e. The standard InChI is InChI=1S/C15H13N3O7/c1-18-12(16)11(13(20)17-15(18)22)8(19)5-23-14(21)7-2-3-9-10(4-7)25-6-24-9/h2-4H,5-6,16H2,1H3,(H,17,20,22). The molecule has 1 aromatic heterocycles. The smallest absolute Gasteiger partial charge is 0.338 e. The number of ether oxygens (including phenoxy) is 3. The molecular weight excluding hydrogens is 334 g/mol. The molecule has 1 aliphatic rings. The fourth-order valence-corrected chi connectivity index (χ4v) is 2.22. The fourth-order valence-electron chi connectivity index (χ4n) is 2.22. The number of hydrogen-bond acceptors (Lipinski definition) is 8. The van der Waals surface area contributed by atoms with Crippen LogP contribution in [0.1, 0.15) is 20.7 Å². The molecule has 3 N–H and O–H groups in total. The van der Waals surface area contributed by atoms with Crippen LogP contribution >= 0.6 is 0 Å². The molecule has 1 aliphatic heterocycles. The minimum absolute atomic E-state index is 0.0566. The monoisotopic (exact) mass is 347 g/mol. The highest BCUT2D eigenvalue weighted by Crippen LogP contribution is 2.32. The lowest BCUT2D eigenvalue weighted by Gasteiger charge is -2.08. The molecule has 0 aliphatic carbocycles. The summed E-state index contributed by atoms with van der Waals surface area (Å²) in [6, 6.07) is 4.41. The summed E-state index contributed by atoms with van der Waals surface area (Å²) < 4.78 is 16.1. The predicted octanol–water partition coefficient (Wildman–Crippen LogP) is -0.576. The summed E-state index contributed by atoms with van der Waals surface area (Å²) >= 11 is 0. The summed E-state index contributed by atoms with van der Waals surface area (Å²) in [6.07, 6.45) is 0. The number of aromatic amines is 1. The molecule has 10 nitrogen and oxygen atoms in total. The average Bonchev–Trinajstić information content (AvgIpc) is 3.05. The fraction of sp³-hybridized carbons (Fsp3) is 0.200. The van der Waals surface area contributed by atoms with Gasteiger partial charge in [0.15, 0.2) is 18.1 Å². The zero-order chi connectivity index (χ0) is 18.1. The van der Waals surface area contributed by atoms with Crippen LogP contribution in [0.4, 0.5) is 5.82 Å². The third kappa shape index (κ3) is 2.96. The van der Waals surface area contributed by atoms with Gasteiger partial charge in [-0.15, -0.1) is 0 Å².